The summed E-state index contributed by atoms with van der Waals surface area (Å²) in [4.78, 5) is 8.36. The van der Waals surface area contributed by atoms with Gasteiger partial charge < -0.3 is 20.1 Å². The number of nitrogens with one attached hydrogen (secondary N) is 2. The first-order chi connectivity index (χ1) is 12.2. The maximum absolute atomic E-state index is 5.42. The second kappa shape index (κ2) is 11.6. The molecule has 1 heterocycles. The highest BCUT2D eigenvalue weighted by Crippen LogP contribution is 2.19. The summed E-state index contributed by atoms with van der Waals surface area (Å²) in [6.45, 7) is 3.49. The Balaban J connectivity index is 0.00000338. The van der Waals surface area contributed by atoms with Crippen molar-refractivity contribution in [2.45, 2.75) is 19.9 Å². The van der Waals surface area contributed by atoms with E-state index in [9.17, 15) is 0 Å². The van der Waals surface area contributed by atoms with E-state index in [1.54, 1.807) is 27.5 Å². The molecule has 0 radical (unpaired) electrons. The number of aromatic nitrogens is 1. The van der Waals surface area contributed by atoms with Crippen LogP contribution in [-0.2, 0) is 13.0 Å². The van der Waals surface area contributed by atoms with E-state index in [0.29, 0.717) is 12.4 Å². The van der Waals surface area contributed by atoms with Crippen molar-refractivity contribution in [3.8, 4) is 11.6 Å². The van der Waals surface area contributed by atoms with Crippen LogP contribution in [0.3, 0.4) is 0 Å². The first-order valence-corrected chi connectivity index (χ1v) is 8.23. The number of aliphatic imine (C=N–C) groups is 1. The van der Waals surface area contributed by atoms with Crippen molar-refractivity contribution in [2.24, 2.45) is 4.99 Å². The normalized spacial score (nSPS) is 10.7. The molecular weight excluding hydrogens is 443 g/mol. The Bertz CT molecular complexity index is 722. The lowest BCUT2D eigenvalue weighted by molar-refractivity contribution is 0.397. The number of guanidine groups is 1. The van der Waals surface area contributed by atoms with Crippen LogP contribution in [-0.4, -0.2) is 38.8 Å². The van der Waals surface area contributed by atoms with Crippen molar-refractivity contribution in [3.63, 3.8) is 0 Å². The third-order valence-corrected chi connectivity index (χ3v) is 3.81. The van der Waals surface area contributed by atoms with Crippen molar-refractivity contribution in [1.29, 1.82) is 0 Å². The first-order valence-electron chi connectivity index (χ1n) is 8.23. The van der Waals surface area contributed by atoms with Gasteiger partial charge in [0, 0.05) is 32.4 Å². The molecule has 1 aromatic heterocycles. The number of nitrogens with zero attached hydrogens (tertiary/aromatic N) is 2. The van der Waals surface area contributed by atoms with Gasteiger partial charge in [-0.3, -0.25) is 4.99 Å². The fourth-order valence-corrected chi connectivity index (χ4v) is 2.50. The van der Waals surface area contributed by atoms with Crippen LogP contribution in [0.5, 0.6) is 11.6 Å². The van der Waals surface area contributed by atoms with Gasteiger partial charge in [0.2, 0.25) is 5.88 Å². The molecular formula is C19H27IN4O2. The SMILES string of the molecule is CN=C(NCCc1cc(C)ccc1OC)NCc1ccnc(OC)c1.I. The molecule has 0 spiro atoms. The minimum absolute atomic E-state index is 0. The molecule has 0 amide bonds. The Morgan fingerprint density at radius 2 is 1.92 bits per heavy atom. The fraction of sp³-hybridized carbons (Fsp3) is 0.368. The van der Waals surface area contributed by atoms with E-state index < -0.39 is 0 Å². The summed E-state index contributed by atoms with van der Waals surface area (Å²) in [5.74, 6) is 2.27. The number of ether oxygens (including phenoxy) is 2. The van der Waals surface area contributed by atoms with E-state index in [1.807, 2.05) is 18.2 Å². The Kier molecular flexibility index (Phi) is 9.79. The van der Waals surface area contributed by atoms with Gasteiger partial charge in [0.15, 0.2) is 5.96 Å². The van der Waals surface area contributed by atoms with Gasteiger partial charge in [0.25, 0.3) is 0 Å². The van der Waals surface area contributed by atoms with Crippen LogP contribution in [0.4, 0.5) is 0 Å². The predicted molar refractivity (Wildman–Crippen MR) is 116 cm³/mol. The number of pyridine rings is 1. The molecule has 0 saturated heterocycles. The van der Waals surface area contributed by atoms with Crippen molar-refractivity contribution >= 4 is 29.9 Å². The molecule has 0 fully saturated rings. The highest BCUT2D eigenvalue weighted by molar-refractivity contribution is 14.0. The van der Waals surface area contributed by atoms with Crippen LogP contribution in [0, 0.1) is 6.92 Å². The Labute approximate surface area is 172 Å². The maximum atomic E-state index is 5.42. The van der Waals surface area contributed by atoms with Gasteiger partial charge in [-0.15, -0.1) is 24.0 Å². The van der Waals surface area contributed by atoms with E-state index in [-0.39, 0.29) is 24.0 Å². The summed E-state index contributed by atoms with van der Waals surface area (Å²) >= 11 is 0. The molecule has 2 aromatic rings. The van der Waals surface area contributed by atoms with Crippen LogP contribution in [0.1, 0.15) is 16.7 Å². The molecule has 26 heavy (non-hydrogen) atoms. The number of rotatable bonds is 7. The van der Waals surface area contributed by atoms with E-state index in [1.165, 1.54) is 11.1 Å². The van der Waals surface area contributed by atoms with Gasteiger partial charge in [-0.1, -0.05) is 17.7 Å². The third kappa shape index (κ3) is 6.70. The standard InChI is InChI=1S/C19H26N4O2.HI/c1-14-5-6-17(24-3)16(11-14)8-10-22-19(20-2)23-13-15-7-9-21-18(12-15)25-4;/h5-7,9,11-12H,8,10,13H2,1-4H3,(H2,20,22,23);1H. The van der Waals surface area contributed by atoms with E-state index in [2.05, 4.69) is 39.7 Å². The molecule has 6 nitrogen and oxygen atoms in total. The Morgan fingerprint density at radius 1 is 1.12 bits per heavy atom. The molecule has 0 aliphatic carbocycles. The second-order valence-corrected chi connectivity index (χ2v) is 5.62. The van der Waals surface area contributed by atoms with E-state index in [0.717, 1.165) is 30.2 Å². The average molecular weight is 470 g/mol. The monoisotopic (exact) mass is 470 g/mol. The first kappa shape index (κ1) is 22.0. The lowest BCUT2D eigenvalue weighted by Gasteiger charge is -2.14. The fourth-order valence-electron chi connectivity index (χ4n) is 2.50. The highest BCUT2D eigenvalue weighted by Gasteiger charge is 2.04. The number of hydrogen-bond acceptors (Lipinski definition) is 4. The number of benzene rings is 1. The van der Waals surface area contributed by atoms with Gasteiger partial charge >= 0.3 is 0 Å². The molecule has 2 N–H and O–H groups in total. The van der Waals surface area contributed by atoms with Crippen LogP contribution >= 0.6 is 24.0 Å². The number of aryl methyl sites for hydroxylation is 1. The summed E-state index contributed by atoms with van der Waals surface area (Å²) < 4.78 is 10.6. The topological polar surface area (TPSA) is 67.8 Å². The van der Waals surface area contributed by atoms with Gasteiger partial charge in [-0.25, -0.2) is 4.98 Å². The highest BCUT2D eigenvalue weighted by atomic mass is 127. The van der Waals surface area contributed by atoms with Crippen LogP contribution < -0.4 is 20.1 Å². The van der Waals surface area contributed by atoms with Gasteiger partial charge in [-0.05, 0) is 36.6 Å². The molecule has 0 saturated carbocycles. The Morgan fingerprint density at radius 3 is 2.62 bits per heavy atom. The number of halogens is 1. The smallest absolute Gasteiger partial charge is 0.213 e. The lowest BCUT2D eigenvalue weighted by atomic mass is 10.1. The summed E-state index contributed by atoms with van der Waals surface area (Å²) in [5, 5.41) is 6.61. The van der Waals surface area contributed by atoms with Crippen molar-refractivity contribution in [2.75, 3.05) is 27.8 Å². The quantitative estimate of drug-likeness (QED) is 0.370. The van der Waals surface area contributed by atoms with Crippen LogP contribution in [0.2, 0.25) is 0 Å². The Hall–Kier alpha value is -2.03. The molecule has 142 valence electrons. The number of methoxy groups -OCH3 is 2. The van der Waals surface area contributed by atoms with E-state index >= 15 is 0 Å². The largest absolute Gasteiger partial charge is 0.496 e. The molecule has 0 unspecified atom stereocenters. The summed E-state index contributed by atoms with van der Waals surface area (Å²) in [5.41, 5.74) is 3.49. The van der Waals surface area contributed by atoms with Crippen molar-refractivity contribution in [3.05, 3.63) is 53.2 Å². The summed E-state index contributed by atoms with van der Waals surface area (Å²) in [7, 11) is 5.07. The van der Waals surface area contributed by atoms with Crippen molar-refractivity contribution in [1.82, 2.24) is 15.6 Å². The zero-order chi connectivity index (χ0) is 18.1. The lowest BCUT2D eigenvalue weighted by Crippen LogP contribution is -2.37. The molecule has 0 aliphatic heterocycles. The minimum Gasteiger partial charge on any atom is -0.496 e. The van der Waals surface area contributed by atoms with Gasteiger partial charge in [0.1, 0.15) is 5.75 Å². The van der Waals surface area contributed by atoms with Gasteiger partial charge in [-0.2, -0.15) is 0 Å². The molecule has 1 aromatic carbocycles. The minimum atomic E-state index is 0. The van der Waals surface area contributed by atoms with Crippen molar-refractivity contribution < 1.29 is 9.47 Å². The summed E-state index contributed by atoms with van der Waals surface area (Å²) in [6.07, 6.45) is 2.59. The molecule has 7 heteroatoms. The van der Waals surface area contributed by atoms with E-state index in [4.69, 9.17) is 9.47 Å². The average Bonchev–Trinajstić information content (AvgIpc) is 2.64. The predicted octanol–water partition coefficient (Wildman–Crippen LogP) is 2.93. The zero-order valence-electron chi connectivity index (χ0n) is 15.7. The number of hydrogen-bond donors (Lipinski definition) is 2. The summed E-state index contributed by atoms with van der Waals surface area (Å²) in [6, 6.07) is 10.1. The molecule has 0 aliphatic rings. The zero-order valence-corrected chi connectivity index (χ0v) is 18.0. The van der Waals surface area contributed by atoms with Gasteiger partial charge in [0.05, 0.1) is 14.2 Å². The molecule has 0 atom stereocenters. The third-order valence-electron chi connectivity index (χ3n) is 3.81. The van der Waals surface area contributed by atoms with Crippen LogP contribution in [0.25, 0.3) is 0 Å². The second-order valence-electron chi connectivity index (χ2n) is 5.62. The molecule has 0 bridgehead atoms. The molecule has 2 rings (SSSR count). The van der Waals surface area contributed by atoms with Crippen LogP contribution in [0.15, 0.2) is 41.5 Å². The maximum Gasteiger partial charge on any atom is 0.213 e.